The van der Waals surface area contributed by atoms with Gasteiger partial charge in [0.1, 0.15) is 6.07 Å². The Hall–Kier alpha value is -1.62. The largest absolute Gasteiger partial charge is 0.325 e. The van der Waals surface area contributed by atoms with Gasteiger partial charge in [-0.2, -0.15) is 17.9 Å². The maximum absolute atomic E-state index is 11.6. The number of nitrogens with one attached hydrogen (secondary N) is 1. The number of thiazole rings is 1. The molecule has 3 N–H and O–H groups in total. The minimum absolute atomic E-state index is 0.283. The molecule has 18 heavy (non-hydrogen) atoms. The van der Waals surface area contributed by atoms with Gasteiger partial charge >= 0.3 is 0 Å². The summed E-state index contributed by atoms with van der Waals surface area (Å²) in [7, 11) is 0. The first-order valence-corrected chi connectivity index (χ1v) is 6.57. The molecule has 1 atom stereocenters. The van der Waals surface area contributed by atoms with Crippen molar-refractivity contribution in [2.45, 2.75) is 6.04 Å². The number of nitriles is 1. The van der Waals surface area contributed by atoms with Crippen LogP contribution in [0, 0.1) is 11.3 Å². The molecule has 0 aliphatic carbocycles. The van der Waals surface area contributed by atoms with Crippen molar-refractivity contribution in [2.24, 2.45) is 5.73 Å². The summed E-state index contributed by atoms with van der Waals surface area (Å²) in [4.78, 5) is 15.7. The van der Waals surface area contributed by atoms with Gasteiger partial charge in [0.2, 0.25) is 5.91 Å². The zero-order valence-corrected chi connectivity index (χ0v) is 11.0. The van der Waals surface area contributed by atoms with Gasteiger partial charge in [0.25, 0.3) is 0 Å². The monoisotopic (exact) mass is 278 g/mol. The normalized spacial score (nSPS) is 12.1. The number of hydrogen-bond acceptors (Lipinski definition) is 6. The summed E-state index contributed by atoms with van der Waals surface area (Å²) in [6.45, 7) is 0. The molecule has 92 valence electrons. The number of carbonyl (C=O) groups excluding carboxylic acids is 1. The topological polar surface area (TPSA) is 91.8 Å². The fourth-order valence-corrected chi connectivity index (χ4v) is 2.34. The van der Waals surface area contributed by atoms with Crippen LogP contribution in [0.2, 0.25) is 0 Å². The summed E-state index contributed by atoms with van der Waals surface area (Å²) in [6, 6.07) is 6.62. The Morgan fingerprint density at radius 1 is 1.67 bits per heavy atom. The first-order valence-electron chi connectivity index (χ1n) is 5.12. The van der Waals surface area contributed by atoms with Gasteiger partial charge in [0.15, 0.2) is 5.01 Å². The lowest BCUT2D eigenvalue weighted by molar-refractivity contribution is -0.116. The summed E-state index contributed by atoms with van der Waals surface area (Å²) in [6.07, 6.45) is 0. The van der Waals surface area contributed by atoms with Crippen LogP contribution < -0.4 is 11.1 Å². The molecule has 0 spiro atoms. The number of hydrogen-bond donors (Lipinski definition) is 3. The van der Waals surface area contributed by atoms with Crippen molar-refractivity contribution in [3.63, 3.8) is 0 Å². The van der Waals surface area contributed by atoms with Crippen molar-refractivity contribution in [3.8, 4) is 6.07 Å². The molecule has 2 rings (SSSR count). The van der Waals surface area contributed by atoms with Crippen LogP contribution in [0.1, 0.15) is 5.01 Å². The fourth-order valence-electron chi connectivity index (χ4n) is 1.37. The van der Waals surface area contributed by atoms with Gasteiger partial charge in [-0.3, -0.25) is 4.79 Å². The SMILES string of the molecule is N#Cc1nc2ccc(NC(=O)C(N)CS)cc2s1. The van der Waals surface area contributed by atoms with Crippen molar-refractivity contribution in [1.82, 2.24) is 4.98 Å². The van der Waals surface area contributed by atoms with Crippen LogP contribution in [0.3, 0.4) is 0 Å². The third-order valence-corrected chi connectivity index (χ3v) is 3.60. The minimum Gasteiger partial charge on any atom is -0.325 e. The number of benzene rings is 1. The molecule has 0 saturated heterocycles. The minimum atomic E-state index is -0.639. The molecule has 0 bridgehead atoms. The number of nitrogens with zero attached hydrogens (tertiary/aromatic N) is 2. The maximum atomic E-state index is 11.6. The molecule has 1 unspecified atom stereocenters. The Morgan fingerprint density at radius 3 is 3.11 bits per heavy atom. The summed E-state index contributed by atoms with van der Waals surface area (Å²) in [5.74, 6) is 0.00195. The number of anilines is 1. The third kappa shape index (κ3) is 2.61. The second kappa shape index (κ2) is 5.35. The second-order valence-corrected chi connectivity index (χ2v) is 4.99. The van der Waals surface area contributed by atoms with E-state index < -0.39 is 6.04 Å². The van der Waals surface area contributed by atoms with Gasteiger partial charge in [-0.1, -0.05) is 0 Å². The van der Waals surface area contributed by atoms with Gasteiger partial charge in [-0.05, 0) is 18.2 Å². The van der Waals surface area contributed by atoms with Gasteiger partial charge in [0.05, 0.1) is 16.3 Å². The quantitative estimate of drug-likeness (QED) is 0.739. The van der Waals surface area contributed by atoms with E-state index in [9.17, 15) is 4.79 Å². The van der Waals surface area contributed by atoms with E-state index in [1.807, 2.05) is 6.07 Å². The number of amides is 1. The van der Waals surface area contributed by atoms with Gasteiger partial charge in [-0.15, -0.1) is 11.3 Å². The lowest BCUT2D eigenvalue weighted by Gasteiger charge is -2.09. The fraction of sp³-hybridized carbons (Fsp3) is 0.182. The predicted octanol–water partition coefficient (Wildman–Crippen LogP) is 1.36. The first-order chi connectivity index (χ1) is 8.63. The number of thiol groups is 1. The summed E-state index contributed by atoms with van der Waals surface area (Å²) < 4.78 is 0.851. The third-order valence-electron chi connectivity index (χ3n) is 2.29. The number of rotatable bonds is 3. The average Bonchev–Trinajstić information content (AvgIpc) is 2.79. The summed E-state index contributed by atoms with van der Waals surface area (Å²) in [5, 5.41) is 11.9. The maximum Gasteiger partial charge on any atom is 0.242 e. The summed E-state index contributed by atoms with van der Waals surface area (Å²) >= 11 is 5.25. The van der Waals surface area contributed by atoms with Crippen molar-refractivity contribution < 1.29 is 4.79 Å². The number of carbonyl (C=O) groups is 1. The van der Waals surface area contributed by atoms with Crippen LogP contribution in [-0.4, -0.2) is 22.7 Å². The zero-order chi connectivity index (χ0) is 13.1. The molecule has 5 nitrogen and oxygen atoms in total. The Morgan fingerprint density at radius 2 is 2.44 bits per heavy atom. The lowest BCUT2D eigenvalue weighted by Crippen LogP contribution is -2.37. The van der Waals surface area contributed by atoms with E-state index >= 15 is 0 Å². The van der Waals surface area contributed by atoms with E-state index in [1.165, 1.54) is 11.3 Å². The number of nitrogens with two attached hydrogens (primary N) is 1. The lowest BCUT2D eigenvalue weighted by atomic mass is 10.2. The molecular weight excluding hydrogens is 268 g/mol. The van der Waals surface area contributed by atoms with Crippen LogP contribution in [-0.2, 0) is 4.79 Å². The van der Waals surface area contributed by atoms with Crippen LogP contribution >= 0.6 is 24.0 Å². The molecule has 1 aromatic heterocycles. The first kappa shape index (κ1) is 12.8. The van der Waals surface area contributed by atoms with E-state index in [0.29, 0.717) is 10.7 Å². The van der Waals surface area contributed by atoms with Crippen LogP contribution in [0.15, 0.2) is 18.2 Å². The van der Waals surface area contributed by atoms with E-state index in [4.69, 9.17) is 11.0 Å². The molecular formula is C11H10N4OS2. The van der Waals surface area contributed by atoms with Gasteiger partial charge < -0.3 is 11.1 Å². The standard InChI is InChI=1S/C11H10N4OS2/c12-4-10-15-8-2-1-6(3-9(8)18-10)14-11(16)7(13)5-17/h1-3,7,17H,5,13H2,(H,14,16). The smallest absolute Gasteiger partial charge is 0.242 e. The highest BCUT2D eigenvalue weighted by Gasteiger charge is 2.12. The highest BCUT2D eigenvalue weighted by Crippen LogP contribution is 2.24. The van der Waals surface area contributed by atoms with Crippen molar-refractivity contribution in [2.75, 3.05) is 11.1 Å². The van der Waals surface area contributed by atoms with E-state index in [0.717, 1.165) is 10.2 Å². The van der Waals surface area contributed by atoms with E-state index in [1.54, 1.807) is 18.2 Å². The molecule has 2 aromatic rings. The Labute approximate surface area is 113 Å². The van der Waals surface area contributed by atoms with Crippen LogP contribution in [0.25, 0.3) is 10.2 Å². The molecule has 0 saturated carbocycles. The number of fused-ring (bicyclic) bond motifs is 1. The molecule has 1 heterocycles. The van der Waals surface area contributed by atoms with E-state index in [-0.39, 0.29) is 11.7 Å². The Bertz CT molecular complexity index is 631. The highest BCUT2D eigenvalue weighted by atomic mass is 32.1. The molecule has 0 aliphatic rings. The second-order valence-electron chi connectivity index (χ2n) is 3.59. The van der Waals surface area contributed by atoms with E-state index in [2.05, 4.69) is 22.9 Å². The van der Waals surface area contributed by atoms with Crippen LogP contribution in [0.4, 0.5) is 5.69 Å². The Balaban J connectivity index is 2.25. The average molecular weight is 278 g/mol. The van der Waals surface area contributed by atoms with Gasteiger partial charge in [-0.25, -0.2) is 4.98 Å². The molecule has 0 radical (unpaired) electrons. The molecule has 0 aliphatic heterocycles. The molecule has 1 aromatic carbocycles. The highest BCUT2D eigenvalue weighted by molar-refractivity contribution is 7.80. The Kier molecular flexibility index (Phi) is 3.81. The molecule has 7 heteroatoms. The van der Waals surface area contributed by atoms with Crippen molar-refractivity contribution in [1.29, 1.82) is 5.26 Å². The van der Waals surface area contributed by atoms with Crippen molar-refractivity contribution in [3.05, 3.63) is 23.2 Å². The van der Waals surface area contributed by atoms with Gasteiger partial charge in [0, 0.05) is 11.4 Å². The molecule has 0 fully saturated rings. The van der Waals surface area contributed by atoms with Crippen molar-refractivity contribution >= 4 is 45.8 Å². The zero-order valence-electron chi connectivity index (χ0n) is 9.25. The summed E-state index contributed by atoms with van der Waals surface area (Å²) in [5.41, 5.74) is 6.94. The number of aromatic nitrogens is 1. The van der Waals surface area contributed by atoms with Crippen LogP contribution in [0.5, 0.6) is 0 Å². The predicted molar refractivity (Wildman–Crippen MR) is 74.8 cm³/mol. The molecule has 1 amide bonds.